The molecule has 0 aliphatic heterocycles. The van der Waals surface area contributed by atoms with E-state index in [1.165, 1.54) is 0 Å². The van der Waals surface area contributed by atoms with Crippen LogP contribution in [0.4, 0.5) is 0 Å². The standard InChI is InChI=1S/C16H17N3O4/c1-2-22-12-7-5-11(6-8-12)15(20)17-18-16(21)13-9-14(23-19-13)10-3-4-10/h5-10H,2-4H2,1H3,(H,17,20)(H,18,21). The van der Waals surface area contributed by atoms with Crippen LogP contribution in [0.15, 0.2) is 34.9 Å². The van der Waals surface area contributed by atoms with Gasteiger partial charge in [-0.3, -0.25) is 20.4 Å². The average Bonchev–Trinajstić information content (AvgIpc) is 3.30. The minimum absolute atomic E-state index is 0.152. The smallest absolute Gasteiger partial charge is 0.291 e. The van der Waals surface area contributed by atoms with Gasteiger partial charge in [0.1, 0.15) is 11.5 Å². The highest BCUT2D eigenvalue weighted by Crippen LogP contribution is 2.40. The van der Waals surface area contributed by atoms with Crippen molar-refractivity contribution in [2.24, 2.45) is 0 Å². The maximum Gasteiger partial charge on any atom is 0.291 e. The zero-order valence-corrected chi connectivity index (χ0v) is 12.7. The van der Waals surface area contributed by atoms with Crippen molar-refractivity contribution >= 4 is 11.8 Å². The lowest BCUT2D eigenvalue weighted by molar-refractivity contribution is 0.0841. The Morgan fingerprint density at radius 3 is 2.57 bits per heavy atom. The van der Waals surface area contributed by atoms with Gasteiger partial charge in [-0.05, 0) is 44.0 Å². The van der Waals surface area contributed by atoms with Crippen LogP contribution < -0.4 is 15.6 Å². The van der Waals surface area contributed by atoms with Crippen LogP contribution in [0.25, 0.3) is 0 Å². The number of rotatable bonds is 5. The molecular weight excluding hydrogens is 298 g/mol. The third kappa shape index (κ3) is 3.68. The zero-order valence-electron chi connectivity index (χ0n) is 12.7. The molecule has 1 fully saturated rings. The van der Waals surface area contributed by atoms with E-state index < -0.39 is 11.8 Å². The fraction of sp³-hybridized carbons (Fsp3) is 0.312. The molecule has 2 aromatic rings. The maximum absolute atomic E-state index is 12.0. The van der Waals surface area contributed by atoms with E-state index in [1.807, 2.05) is 6.92 Å². The molecule has 0 atom stereocenters. The summed E-state index contributed by atoms with van der Waals surface area (Å²) in [4.78, 5) is 23.9. The van der Waals surface area contributed by atoms with Gasteiger partial charge in [0, 0.05) is 17.5 Å². The first-order valence-corrected chi connectivity index (χ1v) is 7.47. The van der Waals surface area contributed by atoms with E-state index in [-0.39, 0.29) is 5.69 Å². The van der Waals surface area contributed by atoms with Crippen molar-refractivity contribution in [3.05, 3.63) is 47.3 Å². The van der Waals surface area contributed by atoms with Crippen molar-refractivity contribution < 1.29 is 18.8 Å². The molecule has 0 bridgehead atoms. The van der Waals surface area contributed by atoms with Crippen LogP contribution in [0.2, 0.25) is 0 Å². The lowest BCUT2D eigenvalue weighted by Crippen LogP contribution is -2.41. The number of hydrogen-bond donors (Lipinski definition) is 2. The number of nitrogens with zero attached hydrogens (tertiary/aromatic N) is 1. The van der Waals surface area contributed by atoms with Crippen LogP contribution >= 0.6 is 0 Å². The van der Waals surface area contributed by atoms with E-state index in [2.05, 4.69) is 16.0 Å². The molecule has 7 heteroatoms. The third-order valence-corrected chi connectivity index (χ3v) is 3.46. The van der Waals surface area contributed by atoms with E-state index in [0.29, 0.717) is 29.6 Å². The maximum atomic E-state index is 12.0. The molecule has 7 nitrogen and oxygen atoms in total. The molecule has 1 saturated carbocycles. The number of hydrazine groups is 1. The van der Waals surface area contributed by atoms with E-state index >= 15 is 0 Å². The Kier molecular flexibility index (Phi) is 4.27. The summed E-state index contributed by atoms with van der Waals surface area (Å²) in [5.41, 5.74) is 5.22. The SMILES string of the molecule is CCOc1ccc(C(=O)NNC(=O)c2cc(C3CC3)on2)cc1. The van der Waals surface area contributed by atoms with E-state index in [0.717, 1.165) is 12.8 Å². The number of hydrogen-bond acceptors (Lipinski definition) is 5. The van der Waals surface area contributed by atoms with Gasteiger partial charge in [-0.2, -0.15) is 0 Å². The van der Waals surface area contributed by atoms with Crippen molar-refractivity contribution in [2.45, 2.75) is 25.7 Å². The zero-order chi connectivity index (χ0) is 16.2. The lowest BCUT2D eigenvalue weighted by Gasteiger charge is -2.07. The van der Waals surface area contributed by atoms with E-state index in [9.17, 15) is 9.59 Å². The number of benzene rings is 1. The highest BCUT2D eigenvalue weighted by Gasteiger charge is 2.28. The second kappa shape index (κ2) is 6.51. The second-order valence-electron chi connectivity index (χ2n) is 5.25. The lowest BCUT2D eigenvalue weighted by atomic mass is 10.2. The van der Waals surface area contributed by atoms with Crippen LogP contribution in [0.1, 0.15) is 52.3 Å². The van der Waals surface area contributed by atoms with Crippen molar-refractivity contribution in [1.29, 1.82) is 0 Å². The van der Waals surface area contributed by atoms with Gasteiger partial charge in [-0.1, -0.05) is 5.16 Å². The van der Waals surface area contributed by atoms with Gasteiger partial charge in [0.2, 0.25) is 0 Å². The topological polar surface area (TPSA) is 93.5 Å². The Bertz CT molecular complexity index is 704. The summed E-state index contributed by atoms with van der Waals surface area (Å²) in [6.45, 7) is 2.44. The number of nitrogens with one attached hydrogen (secondary N) is 2. The van der Waals surface area contributed by atoms with Gasteiger partial charge in [-0.15, -0.1) is 0 Å². The highest BCUT2D eigenvalue weighted by atomic mass is 16.5. The summed E-state index contributed by atoms with van der Waals surface area (Å²) in [5, 5.41) is 3.71. The fourth-order valence-electron chi connectivity index (χ4n) is 2.08. The van der Waals surface area contributed by atoms with Crippen LogP contribution in [-0.2, 0) is 0 Å². The van der Waals surface area contributed by atoms with Crippen molar-refractivity contribution in [1.82, 2.24) is 16.0 Å². The molecule has 2 amide bonds. The Morgan fingerprint density at radius 2 is 1.91 bits per heavy atom. The molecule has 2 N–H and O–H groups in total. The molecule has 0 saturated heterocycles. The van der Waals surface area contributed by atoms with Gasteiger partial charge < -0.3 is 9.26 Å². The van der Waals surface area contributed by atoms with E-state index in [4.69, 9.17) is 9.26 Å². The van der Waals surface area contributed by atoms with Gasteiger partial charge in [0.25, 0.3) is 11.8 Å². The summed E-state index contributed by atoms with van der Waals surface area (Å²) in [6.07, 6.45) is 2.12. The molecule has 23 heavy (non-hydrogen) atoms. The Labute approximate surface area is 133 Å². The molecule has 1 aromatic carbocycles. The summed E-state index contributed by atoms with van der Waals surface area (Å²) < 4.78 is 10.4. The normalized spacial score (nSPS) is 13.4. The summed E-state index contributed by atoms with van der Waals surface area (Å²) in [6, 6.07) is 8.23. The largest absolute Gasteiger partial charge is 0.494 e. The van der Waals surface area contributed by atoms with Crippen LogP contribution in [0.5, 0.6) is 5.75 Å². The molecular formula is C16H17N3O4. The molecule has 0 unspecified atom stereocenters. The quantitative estimate of drug-likeness (QED) is 0.823. The number of aromatic nitrogens is 1. The first-order chi connectivity index (χ1) is 11.2. The molecule has 120 valence electrons. The Balaban J connectivity index is 1.53. The highest BCUT2D eigenvalue weighted by molar-refractivity contribution is 5.98. The minimum atomic E-state index is -0.514. The number of ether oxygens (including phenoxy) is 1. The van der Waals surface area contributed by atoms with Gasteiger partial charge in [0.15, 0.2) is 5.69 Å². The first-order valence-electron chi connectivity index (χ1n) is 7.47. The van der Waals surface area contributed by atoms with Crippen molar-refractivity contribution in [3.63, 3.8) is 0 Å². The summed E-state index contributed by atoms with van der Waals surface area (Å²) in [5.74, 6) is 0.839. The van der Waals surface area contributed by atoms with Crippen LogP contribution in [0, 0.1) is 0 Å². The number of carbonyl (C=O) groups excluding carboxylic acids is 2. The van der Waals surface area contributed by atoms with Crippen LogP contribution in [-0.4, -0.2) is 23.6 Å². The fourth-order valence-corrected chi connectivity index (χ4v) is 2.08. The molecule has 0 radical (unpaired) electrons. The molecule has 0 spiro atoms. The number of amides is 2. The molecule has 1 aromatic heterocycles. The van der Waals surface area contributed by atoms with Crippen LogP contribution in [0.3, 0.4) is 0 Å². The monoisotopic (exact) mass is 315 g/mol. The molecule has 3 rings (SSSR count). The van der Waals surface area contributed by atoms with E-state index in [1.54, 1.807) is 30.3 Å². The second-order valence-corrected chi connectivity index (χ2v) is 5.25. The molecule has 1 heterocycles. The molecule has 1 aliphatic carbocycles. The van der Waals surface area contributed by atoms with Gasteiger partial charge in [0.05, 0.1) is 6.61 Å². The first kappa shape index (κ1) is 15.1. The minimum Gasteiger partial charge on any atom is -0.494 e. The predicted octanol–water partition coefficient (Wildman–Crippen LogP) is 2.03. The Hall–Kier alpha value is -2.83. The predicted molar refractivity (Wildman–Crippen MR) is 81.0 cm³/mol. The van der Waals surface area contributed by atoms with Gasteiger partial charge >= 0.3 is 0 Å². The molecule has 1 aliphatic rings. The third-order valence-electron chi connectivity index (χ3n) is 3.46. The van der Waals surface area contributed by atoms with Gasteiger partial charge in [-0.25, -0.2) is 0 Å². The number of carbonyl (C=O) groups is 2. The summed E-state index contributed by atoms with van der Waals surface area (Å²) >= 11 is 0. The Morgan fingerprint density at radius 1 is 1.22 bits per heavy atom. The van der Waals surface area contributed by atoms with Crippen molar-refractivity contribution in [3.8, 4) is 5.75 Å². The van der Waals surface area contributed by atoms with Crippen molar-refractivity contribution in [2.75, 3.05) is 6.61 Å². The summed E-state index contributed by atoms with van der Waals surface area (Å²) in [7, 11) is 0. The average molecular weight is 315 g/mol.